The molecule has 0 bridgehead atoms. The molecule has 0 atom stereocenters. The maximum atomic E-state index is 12.9. The van der Waals surface area contributed by atoms with Crippen molar-refractivity contribution in [3.05, 3.63) is 35.6 Å². The third-order valence-corrected chi connectivity index (χ3v) is 3.28. The number of hydrogen-bond acceptors (Lipinski definition) is 2. The number of amides is 1. The van der Waals surface area contributed by atoms with E-state index in [4.69, 9.17) is 0 Å². The van der Waals surface area contributed by atoms with E-state index in [0.29, 0.717) is 19.1 Å². The Kier molecular flexibility index (Phi) is 4.91. The summed E-state index contributed by atoms with van der Waals surface area (Å²) in [5.74, 6) is -0.140. The van der Waals surface area contributed by atoms with Crippen LogP contribution in [0.5, 0.6) is 0 Å². The summed E-state index contributed by atoms with van der Waals surface area (Å²) >= 11 is 0. The zero-order valence-electron chi connectivity index (χ0n) is 11.4. The van der Waals surface area contributed by atoms with E-state index in [1.807, 2.05) is 6.92 Å². The first-order valence-corrected chi connectivity index (χ1v) is 6.94. The highest BCUT2D eigenvalue weighted by Crippen LogP contribution is 2.28. The van der Waals surface area contributed by atoms with Crippen LogP contribution in [0.25, 0.3) is 0 Å². The molecule has 3 nitrogen and oxygen atoms in total. The van der Waals surface area contributed by atoms with Crippen LogP contribution in [0.15, 0.2) is 24.3 Å². The fraction of sp³-hybridized carbons (Fsp3) is 0.533. The summed E-state index contributed by atoms with van der Waals surface area (Å²) in [4.78, 5) is 14.0. The van der Waals surface area contributed by atoms with Crippen LogP contribution in [0.1, 0.15) is 31.7 Å². The molecule has 0 heterocycles. The Bertz CT molecular complexity index is 415. The third-order valence-electron chi connectivity index (χ3n) is 3.28. The van der Waals surface area contributed by atoms with Crippen molar-refractivity contribution in [2.45, 2.75) is 38.8 Å². The zero-order valence-corrected chi connectivity index (χ0v) is 11.4. The summed E-state index contributed by atoms with van der Waals surface area (Å²) in [6.07, 6.45) is 3.26. The summed E-state index contributed by atoms with van der Waals surface area (Å²) in [5, 5.41) is 2.90. The highest BCUT2D eigenvalue weighted by molar-refractivity contribution is 5.78. The van der Waals surface area contributed by atoms with Crippen LogP contribution in [-0.2, 0) is 11.3 Å². The van der Waals surface area contributed by atoms with Crippen molar-refractivity contribution >= 4 is 5.91 Å². The van der Waals surface area contributed by atoms with Crippen LogP contribution in [0.3, 0.4) is 0 Å². The molecule has 1 fully saturated rings. The number of nitrogens with one attached hydrogen (secondary N) is 1. The average molecular weight is 264 g/mol. The fourth-order valence-corrected chi connectivity index (χ4v) is 2.08. The van der Waals surface area contributed by atoms with Gasteiger partial charge >= 0.3 is 0 Å². The lowest BCUT2D eigenvalue weighted by Crippen LogP contribution is -2.38. The number of benzene rings is 1. The van der Waals surface area contributed by atoms with Gasteiger partial charge < -0.3 is 5.32 Å². The van der Waals surface area contributed by atoms with E-state index >= 15 is 0 Å². The van der Waals surface area contributed by atoms with E-state index in [2.05, 4.69) is 10.2 Å². The molecular formula is C15H21FN2O. The summed E-state index contributed by atoms with van der Waals surface area (Å²) in [7, 11) is 0. The second kappa shape index (κ2) is 6.66. The lowest BCUT2D eigenvalue weighted by atomic mass is 10.2. The normalized spacial score (nSPS) is 14.7. The molecule has 104 valence electrons. The van der Waals surface area contributed by atoms with Crippen molar-refractivity contribution in [3.63, 3.8) is 0 Å². The maximum Gasteiger partial charge on any atom is 0.234 e. The van der Waals surface area contributed by atoms with E-state index in [-0.39, 0.29) is 11.7 Å². The SMILES string of the molecule is CCCNC(=O)CN(Cc1ccc(F)cc1)C1CC1. The quantitative estimate of drug-likeness (QED) is 0.819. The number of rotatable bonds is 7. The maximum absolute atomic E-state index is 12.9. The molecule has 1 N–H and O–H groups in total. The van der Waals surface area contributed by atoms with Crippen molar-refractivity contribution in [2.24, 2.45) is 0 Å². The first-order valence-electron chi connectivity index (χ1n) is 6.94. The van der Waals surface area contributed by atoms with Gasteiger partial charge in [-0.1, -0.05) is 19.1 Å². The minimum absolute atomic E-state index is 0.0795. The van der Waals surface area contributed by atoms with Gasteiger partial charge in [0.05, 0.1) is 6.54 Å². The van der Waals surface area contributed by atoms with Gasteiger partial charge in [0, 0.05) is 19.1 Å². The Hall–Kier alpha value is -1.42. The molecule has 1 aromatic carbocycles. The highest BCUT2D eigenvalue weighted by Gasteiger charge is 2.30. The average Bonchev–Trinajstić information content (AvgIpc) is 3.22. The third kappa shape index (κ3) is 4.63. The van der Waals surface area contributed by atoms with Crippen LogP contribution in [0.4, 0.5) is 4.39 Å². The molecular weight excluding hydrogens is 243 g/mol. The number of carbonyl (C=O) groups excluding carboxylic acids is 1. The number of halogens is 1. The molecule has 1 aliphatic rings. The molecule has 0 spiro atoms. The van der Waals surface area contributed by atoms with E-state index in [1.165, 1.54) is 12.1 Å². The Balaban J connectivity index is 1.89. The molecule has 4 heteroatoms. The van der Waals surface area contributed by atoms with Gasteiger partial charge in [0.25, 0.3) is 0 Å². The van der Waals surface area contributed by atoms with Gasteiger partial charge in [-0.3, -0.25) is 9.69 Å². The van der Waals surface area contributed by atoms with Crippen molar-refractivity contribution in [2.75, 3.05) is 13.1 Å². The summed E-state index contributed by atoms with van der Waals surface area (Å²) in [5.41, 5.74) is 1.05. The van der Waals surface area contributed by atoms with E-state index in [1.54, 1.807) is 12.1 Å². The molecule has 0 aliphatic heterocycles. The van der Waals surface area contributed by atoms with Crippen molar-refractivity contribution < 1.29 is 9.18 Å². The van der Waals surface area contributed by atoms with Crippen LogP contribution in [-0.4, -0.2) is 29.9 Å². The van der Waals surface area contributed by atoms with E-state index in [0.717, 1.165) is 31.4 Å². The second-order valence-corrected chi connectivity index (χ2v) is 5.11. The topological polar surface area (TPSA) is 32.3 Å². The lowest BCUT2D eigenvalue weighted by Gasteiger charge is -2.21. The van der Waals surface area contributed by atoms with Crippen LogP contribution < -0.4 is 5.32 Å². The van der Waals surface area contributed by atoms with Gasteiger partial charge in [-0.05, 0) is 37.0 Å². The molecule has 1 saturated carbocycles. The molecule has 1 aromatic rings. The van der Waals surface area contributed by atoms with Crippen LogP contribution in [0.2, 0.25) is 0 Å². The smallest absolute Gasteiger partial charge is 0.234 e. The Labute approximate surface area is 113 Å². The van der Waals surface area contributed by atoms with E-state index < -0.39 is 0 Å². The van der Waals surface area contributed by atoms with E-state index in [9.17, 15) is 9.18 Å². The highest BCUT2D eigenvalue weighted by atomic mass is 19.1. The first-order chi connectivity index (χ1) is 9.19. The minimum atomic E-state index is -0.220. The van der Waals surface area contributed by atoms with Gasteiger partial charge in [-0.25, -0.2) is 4.39 Å². The zero-order chi connectivity index (χ0) is 13.7. The fourth-order valence-electron chi connectivity index (χ4n) is 2.08. The van der Waals surface area contributed by atoms with Crippen molar-refractivity contribution in [3.8, 4) is 0 Å². The molecule has 19 heavy (non-hydrogen) atoms. The van der Waals surface area contributed by atoms with Gasteiger partial charge in [-0.2, -0.15) is 0 Å². The van der Waals surface area contributed by atoms with Gasteiger partial charge in [0.15, 0.2) is 0 Å². The Morgan fingerprint density at radius 3 is 2.63 bits per heavy atom. The second-order valence-electron chi connectivity index (χ2n) is 5.11. The van der Waals surface area contributed by atoms with Gasteiger partial charge in [0.2, 0.25) is 5.91 Å². The van der Waals surface area contributed by atoms with Gasteiger partial charge in [0.1, 0.15) is 5.82 Å². The van der Waals surface area contributed by atoms with Crippen molar-refractivity contribution in [1.29, 1.82) is 0 Å². The number of carbonyl (C=O) groups is 1. The largest absolute Gasteiger partial charge is 0.355 e. The lowest BCUT2D eigenvalue weighted by molar-refractivity contribution is -0.122. The minimum Gasteiger partial charge on any atom is -0.355 e. The molecule has 0 radical (unpaired) electrons. The predicted molar refractivity (Wildman–Crippen MR) is 73.1 cm³/mol. The van der Waals surface area contributed by atoms with Crippen LogP contribution in [0, 0.1) is 5.82 Å². The summed E-state index contributed by atoms with van der Waals surface area (Å²) in [6, 6.07) is 7.02. The monoisotopic (exact) mass is 264 g/mol. The molecule has 2 rings (SSSR count). The summed E-state index contributed by atoms with van der Waals surface area (Å²) < 4.78 is 12.9. The molecule has 0 aromatic heterocycles. The first kappa shape index (κ1) is 14.0. The number of nitrogens with zero attached hydrogens (tertiary/aromatic N) is 1. The Morgan fingerprint density at radius 1 is 1.37 bits per heavy atom. The molecule has 1 aliphatic carbocycles. The predicted octanol–water partition coefficient (Wildman–Crippen LogP) is 2.32. The molecule has 1 amide bonds. The molecule has 0 saturated heterocycles. The molecule has 0 unspecified atom stereocenters. The van der Waals surface area contributed by atoms with Crippen LogP contribution >= 0.6 is 0 Å². The summed E-state index contributed by atoms with van der Waals surface area (Å²) in [6.45, 7) is 3.91. The number of hydrogen-bond donors (Lipinski definition) is 1. The Morgan fingerprint density at radius 2 is 2.05 bits per heavy atom. The van der Waals surface area contributed by atoms with Crippen molar-refractivity contribution in [1.82, 2.24) is 10.2 Å². The van der Waals surface area contributed by atoms with Gasteiger partial charge in [-0.15, -0.1) is 0 Å². The standard InChI is InChI=1S/C15H21FN2O/c1-2-9-17-15(19)11-18(14-7-8-14)10-12-3-5-13(16)6-4-12/h3-6,14H,2,7-11H2,1H3,(H,17,19).